The topological polar surface area (TPSA) is 23.8 Å². The number of aryl methyl sites for hydroxylation is 2. The van der Waals surface area contributed by atoms with Gasteiger partial charge in [-0.1, -0.05) is 68.3 Å². The van der Waals surface area contributed by atoms with Crippen molar-refractivity contribution in [2.45, 2.75) is 64.2 Å². The second-order valence-corrected chi connectivity index (χ2v) is 8.84. The van der Waals surface area contributed by atoms with Crippen LogP contribution in [-0.2, 0) is 12.8 Å². The second kappa shape index (κ2) is 9.43. The maximum absolute atomic E-state index is 14.3. The van der Waals surface area contributed by atoms with E-state index in [4.69, 9.17) is 5.26 Å². The molecule has 0 aromatic heterocycles. The number of nitriles is 1. The third-order valence-electron chi connectivity index (χ3n) is 6.84. The monoisotopic (exact) mass is 399 g/mol. The highest BCUT2D eigenvalue weighted by molar-refractivity contribution is 5.85. The number of hydrogen-bond acceptors (Lipinski definition) is 1. The summed E-state index contributed by atoms with van der Waals surface area (Å²) in [6.07, 6.45) is 10.1. The average molecular weight is 400 g/mol. The molecule has 3 aromatic rings. The van der Waals surface area contributed by atoms with Gasteiger partial charge in [-0.3, -0.25) is 0 Å². The second-order valence-electron chi connectivity index (χ2n) is 8.84. The van der Waals surface area contributed by atoms with Gasteiger partial charge in [0.15, 0.2) is 0 Å². The molecule has 0 saturated heterocycles. The zero-order valence-electron chi connectivity index (χ0n) is 17.8. The lowest BCUT2D eigenvalue weighted by atomic mass is 9.77. The van der Waals surface area contributed by atoms with Crippen molar-refractivity contribution < 1.29 is 4.39 Å². The molecule has 1 aliphatic carbocycles. The van der Waals surface area contributed by atoms with Crippen LogP contribution >= 0.6 is 0 Å². The summed E-state index contributed by atoms with van der Waals surface area (Å²) in [7, 11) is 0. The number of benzene rings is 3. The average Bonchev–Trinajstić information content (AvgIpc) is 2.79. The Balaban J connectivity index is 1.37. The molecule has 1 saturated carbocycles. The molecule has 0 heterocycles. The Morgan fingerprint density at radius 1 is 0.900 bits per heavy atom. The molecule has 0 bridgehead atoms. The Morgan fingerprint density at radius 3 is 2.30 bits per heavy atom. The molecular weight excluding hydrogens is 369 g/mol. The molecule has 2 heteroatoms. The van der Waals surface area contributed by atoms with E-state index in [1.807, 2.05) is 24.3 Å². The Labute approximate surface area is 179 Å². The van der Waals surface area contributed by atoms with Crippen molar-refractivity contribution in [1.29, 1.82) is 5.26 Å². The molecule has 3 aromatic carbocycles. The third-order valence-corrected chi connectivity index (χ3v) is 6.84. The smallest absolute Gasteiger partial charge is 0.148 e. The molecule has 1 aliphatic rings. The fourth-order valence-electron chi connectivity index (χ4n) is 5.02. The SMILES string of the molecule is CCCC1CCC(c2ccc(CCc3ccc4c(F)c(C#N)ccc4c3)cc2)CC1. The first-order chi connectivity index (χ1) is 14.7. The van der Waals surface area contributed by atoms with Gasteiger partial charge < -0.3 is 0 Å². The zero-order valence-corrected chi connectivity index (χ0v) is 17.8. The normalized spacial score (nSPS) is 19.0. The minimum absolute atomic E-state index is 0.106. The fourth-order valence-corrected chi connectivity index (χ4v) is 5.02. The van der Waals surface area contributed by atoms with Gasteiger partial charge >= 0.3 is 0 Å². The molecule has 0 radical (unpaired) electrons. The molecule has 154 valence electrons. The Bertz CT molecular complexity index is 1040. The Kier molecular flexibility index (Phi) is 6.48. The van der Waals surface area contributed by atoms with Crippen LogP contribution in [0.1, 0.15) is 73.6 Å². The first kappa shape index (κ1) is 20.6. The van der Waals surface area contributed by atoms with Gasteiger partial charge in [-0.25, -0.2) is 4.39 Å². The molecule has 0 atom stereocenters. The molecular formula is C28H30FN. The van der Waals surface area contributed by atoms with Crippen LogP contribution in [0.25, 0.3) is 10.8 Å². The summed E-state index contributed by atoms with van der Waals surface area (Å²) >= 11 is 0. The van der Waals surface area contributed by atoms with Crippen molar-refractivity contribution in [2.75, 3.05) is 0 Å². The first-order valence-electron chi connectivity index (χ1n) is 11.4. The predicted molar refractivity (Wildman–Crippen MR) is 122 cm³/mol. The van der Waals surface area contributed by atoms with Crippen LogP contribution in [0.5, 0.6) is 0 Å². The number of rotatable bonds is 6. The van der Waals surface area contributed by atoms with Gasteiger partial charge in [0, 0.05) is 5.39 Å². The highest BCUT2D eigenvalue weighted by atomic mass is 19.1. The van der Waals surface area contributed by atoms with Crippen molar-refractivity contribution in [1.82, 2.24) is 0 Å². The highest BCUT2D eigenvalue weighted by Gasteiger charge is 2.21. The van der Waals surface area contributed by atoms with E-state index in [2.05, 4.69) is 31.2 Å². The van der Waals surface area contributed by atoms with Crippen LogP contribution < -0.4 is 0 Å². The zero-order chi connectivity index (χ0) is 20.9. The first-order valence-corrected chi connectivity index (χ1v) is 11.4. The van der Waals surface area contributed by atoms with Crippen LogP contribution in [0.2, 0.25) is 0 Å². The maximum atomic E-state index is 14.3. The van der Waals surface area contributed by atoms with Crippen molar-refractivity contribution in [3.05, 3.63) is 82.7 Å². The number of hydrogen-bond donors (Lipinski definition) is 0. The summed E-state index contributed by atoms with van der Waals surface area (Å²) < 4.78 is 14.3. The molecule has 1 nitrogen and oxygen atoms in total. The summed E-state index contributed by atoms with van der Waals surface area (Å²) in [5, 5.41) is 10.4. The van der Waals surface area contributed by atoms with E-state index in [9.17, 15) is 4.39 Å². The summed E-state index contributed by atoms with van der Waals surface area (Å²) in [6.45, 7) is 2.30. The maximum Gasteiger partial charge on any atom is 0.148 e. The summed E-state index contributed by atoms with van der Waals surface area (Å²) in [5.41, 5.74) is 4.16. The molecule has 30 heavy (non-hydrogen) atoms. The van der Waals surface area contributed by atoms with E-state index in [-0.39, 0.29) is 5.56 Å². The largest absolute Gasteiger partial charge is 0.205 e. The Hall–Kier alpha value is -2.66. The van der Waals surface area contributed by atoms with Gasteiger partial charge in [-0.05, 0) is 78.5 Å². The minimum atomic E-state index is -0.416. The van der Waals surface area contributed by atoms with Crippen LogP contribution in [-0.4, -0.2) is 0 Å². The number of nitrogens with zero attached hydrogens (tertiary/aromatic N) is 1. The van der Waals surface area contributed by atoms with Gasteiger partial charge in [0.2, 0.25) is 0 Å². The van der Waals surface area contributed by atoms with Crippen molar-refractivity contribution >= 4 is 10.8 Å². The molecule has 1 fully saturated rings. The van der Waals surface area contributed by atoms with E-state index in [0.29, 0.717) is 5.39 Å². The van der Waals surface area contributed by atoms with Gasteiger partial charge in [-0.2, -0.15) is 5.26 Å². The molecule has 0 N–H and O–H groups in total. The third kappa shape index (κ3) is 4.57. The molecule has 0 amide bonds. The Morgan fingerprint density at radius 2 is 1.60 bits per heavy atom. The van der Waals surface area contributed by atoms with Crippen LogP contribution in [0.4, 0.5) is 4.39 Å². The summed E-state index contributed by atoms with van der Waals surface area (Å²) in [4.78, 5) is 0. The van der Waals surface area contributed by atoms with Crippen LogP contribution in [0, 0.1) is 23.1 Å². The van der Waals surface area contributed by atoms with Crippen LogP contribution in [0.3, 0.4) is 0 Å². The summed E-state index contributed by atoms with van der Waals surface area (Å²) in [6, 6.07) is 20.4. The van der Waals surface area contributed by atoms with Gasteiger partial charge in [0.1, 0.15) is 11.9 Å². The molecule has 0 unspecified atom stereocenters. The highest BCUT2D eigenvalue weighted by Crippen LogP contribution is 2.37. The lowest BCUT2D eigenvalue weighted by Crippen LogP contribution is -2.13. The van der Waals surface area contributed by atoms with Crippen molar-refractivity contribution in [2.24, 2.45) is 5.92 Å². The van der Waals surface area contributed by atoms with Gasteiger partial charge in [-0.15, -0.1) is 0 Å². The molecule has 0 spiro atoms. The lowest BCUT2D eigenvalue weighted by Gasteiger charge is -2.28. The van der Waals surface area contributed by atoms with E-state index >= 15 is 0 Å². The predicted octanol–water partition coefficient (Wildman–Crippen LogP) is 7.71. The number of halogens is 1. The molecule has 4 rings (SSSR count). The number of fused-ring (bicyclic) bond motifs is 1. The lowest BCUT2D eigenvalue weighted by molar-refractivity contribution is 0.308. The van der Waals surface area contributed by atoms with Crippen molar-refractivity contribution in [3.8, 4) is 6.07 Å². The van der Waals surface area contributed by atoms with Crippen LogP contribution in [0.15, 0.2) is 54.6 Å². The fraction of sp³-hybridized carbons (Fsp3) is 0.393. The quantitative estimate of drug-likeness (QED) is 0.416. The standard InChI is InChI=1S/C28H30FN/c1-2-3-20-6-11-23(12-7-20)24-13-8-21(9-14-24)4-5-22-10-17-27-25(18-22)15-16-26(19-30)28(27)29/h8-10,13-18,20,23H,2-7,11-12H2,1H3. The minimum Gasteiger partial charge on any atom is -0.205 e. The van der Waals surface area contributed by atoms with E-state index < -0.39 is 5.82 Å². The molecule has 0 aliphatic heterocycles. The van der Waals surface area contributed by atoms with E-state index in [1.165, 1.54) is 55.2 Å². The van der Waals surface area contributed by atoms with E-state index in [1.54, 1.807) is 12.1 Å². The van der Waals surface area contributed by atoms with Crippen molar-refractivity contribution in [3.63, 3.8) is 0 Å². The van der Waals surface area contributed by atoms with Gasteiger partial charge in [0.05, 0.1) is 5.56 Å². The van der Waals surface area contributed by atoms with E-state index in [0.717, 1.165) is 30.1 Å². The summed E-state index contributed by atoms with van der Waals surface area (Å²) in [5.74, 6) is 1.27. The van der Waals surface area contributed by atoms with Gasteiger partial charge in [0.25, 0.3) is 0 Å².